The number of esters is 1. The number of ether oxygens (including phenoxy) is 1. The second-order valence-electron chi connectivity index (χ2n) is 2.09. The number of hydrogen-bond donors (Lipinski definition) is 0. The van der Waals surface area contributed by atoms with Gasteiger partial charge in [0.25, 0.3) is 0 Å². The maximum absolute atomic E-state index is 11.0. The first-order valence-electron chi connectivity index (χ1n) is 3.40. The van der Waals surface area contributed by atoms with Crippen molar-refractivity contribution in [3.8, 4) is 0 Å². The minimum Gasteiger partial charge on any atom is -0.464 e. The largest absolute Gasteiger partial charge is 0.464 e. The molecular formula is C8H6N2O2S. The maximum atomic E-state index is 11.0. The number of rotatable bonds is 2. The molecule has 0 aliphatic heterocycles. The predicted molar refractivity (Wildman–Crippen MR) is 50.3 cm³/mol. The third-order valence-electron chi connectivity index (χ3n) is 1.31. The van der Waals surface area contributed by atoms with E-state index in [0.29, 0.717) is 5.69 Å². The summed E-state index contributed by atoms with van der Waals surface area (Å²) in [5, 5.41) is 2.20. The molecular weight excluding hydrogens is 188 g/mol. The van der Waals surface area contributed by atoms with Crippen molar-refractivity contribution in [3.05, 3.63) is 24.0 Å². The predicted octanol–water partition coefficient (Wildman–Crippen LogP) is 1.60. The molecule has 0 bridgehead atoms. The number of aliphatic imine (C=N–C) groups is 1. The van der Waals surface area contributed by atoms with Gasteiger partial charge in [0.05, 0.1) is 18.0 Å². The van der Waals surface area contributed by atoms with E-state index in [1.165, 1.54) is 19.4 Å². The van der Waals surface area contributed by atoms with E-state index >= 15 is 0 Å². The molecule has 66 valence electrons. The Hall–Kier alpha value is -1.58. The van der Waals surface area contributed by atoms with Crippen LogP contribution in [0.2, 0.25) is 0 Å². The number of carbonyl (C=O) groups excluding carboxylic acids is 1. The Balaban J connectivity index is 3.04. The van der Waals surface area contributed by atoms with Crippen LogP contribution in [0.25, 0.3) is 0 Å². The summed E-state index contributed by atoms with van der Waals surface area (Å²) in [7, 11) is 1.29. The van der Waals surface area contributed by atoms with E-state index in [4.69, 9.17) is 0 Å². The summed E-state index contributed by atoms with van der Waals surface area (Å²) in [5.74, 6) is -0.499. The first kappa shape index (κ1) is 9.51. The molecule has 0 saturated carbocycles. The molecule has 0 aliphatic carbocycles. The zero-order valence-corrected chi connectivity index (χ0v) is 7.67. The minimum atomic E-state index is -0.499. The van der Waals surface area contributed by atoms with Gasteiger partial charge < -0.3 is 4.74 Å². The molecule has 0 radical (unpaired) electrons. The SMILES string of the molecule is COC(=O)c1cc(N=C=S)ccn1. The highest BCUT2D eigenvalue weighted by Crippen LogP contribution is 2.11. The van der Waals surface area contributed by atoms with Crippen molar-refractivity contribution in [1.82, 2.24) is 4.98 Å². The van der Waals surface area contributed by atoms with Crippen LogP contribution in [0.4, 0.5) is 5.69 Å². The summed E-state index contributed by atoms with van der Waals surface area (Å²) in [6.07, 6.45) is 1.46. The zero-order valence-electron chi connectivity index (χ0n) is 6.85. The molecule has 1 heterocycles. The van der Waals surface area contributed by atoms with Crippen LogP contribution in [0.15, 0.2) is 23.3 Å². The van der Waals surface area contributed by atoms with Gasteiger partial charge in [-0.2, -0.15) is 4.99 Å². The lowest BCUT2D eigenvalue weighted by molar-refractivity contribution is 0.0594. The van der Waals surface area contributed by atoms with E-state index in [9.17, 15) is 4.79 Å². The lowest BCUT2D eigenvalue weighted by Crippen LogP contribution is -2.02. The summed E-state index contributed by atoms with van der Waals surface area (Å²) in [4.78, 5) is 18.5. The second kappa shape index (κ2) is 4.45. The van der Waals surface area contributed by atoms with Crippen molar-refractivity contribution in [1.29, 1.82) is 0 Å². The fourth-order valence-electron chi connectivity index (χ4n) is 0.758. The minimum absolute atomic E-state index is 0.203. The van der Waals surface area contributed by atoms with Gasteiger partial charge >= 0.3 is 5.97 Å². The third-order valence-corrected chi connectivity index (χ3v) is 1.40. The summed E-state index contributed by atoms with van der Waals surface area (Å²) >= 11 is 4.42. The first-order valence-corrected chi connectivity index (χ1v) is 3.81. The molecule has 4 nitrogen and oxygen atoms in total. The maximum Gasteiger partial charge on any atom is 0.356 e. The fraction of sp³-hybridized carbons (Fsp3) is 0.125. The van der Waals surface area contributed by atoms with Gasteiger partial charge in [-0.1, -0.05) is 0 Å². The van der Waals surface area contributed by atoms with Gasteiger partial charge in [-0.15, -0.1) is 0 Å². The Labute approximate surface area is 80.3 Å². The van der Waals surface area contributed by atoms with Crippen molar-refractivity contribution in [2.75, 3.05) is 7.11 Å². The first-order chi connectivity index (χ1) is 6.27. The quantitative estimate of drug-likeness (QED) is 0.407. The fourth-order valence-corrected chi connectivity index (χ4v) is 0.863. The van der Waals surface area contributed by atoms with E-state index in [-0.39, 0.29) is 5.69 Å². The highest BCUT2D eigenvalue weighted by atomic mass is 32.1. The number of aromatic nitrogens is 1. The van der Waals surface area contributed by atoms with Gasteiger partial charge in [0.15, 0.2) is 5.69 Å². The van der Waals surface area contributed by atoms with E-state index < -0.39 is 5.97 Å². The Morgan fingerprint density at radius 2 is 2.54 bits per heavy atom. The summed E-state index contributed by atoms with van der Waals surface area (Å²) in [5.41, 5.74) is 0.736. The van der Waals surface area contributed by atoms with Crippen LogP contribution in [0.1, 0.15) is 10.5 Å². The van der Waals surface area contributed by atoms with E-state index in [1.54, 1.807) is 6.07 Å². The van der Waals surface area contributed by atoms with Gasteiger partial charge in [-0.05, 0) is 24.4 Å². The highest BCUT2D eigenvalue weighted by molar-refractivity contribution is 7.78. The molecule has 0 N–H and O–H groups in total. The molecule has 0 atom stereocenters. The van der Waals surface area contributed by atoms with Gasteiger partial charge in [0.2, 0.25) is 0 Å². The van der Waals surface area contributed by atoms with Crippen LogP contribution in [0.3, 0.4) is 0 Å². The lowest BCUT2D eigenvalue weighted by atomic mass is 10.3. The smallest absolute Gasteiger partial charge is 0.356 e. The molecule has 0 aliphatic rings. The van der Waals surface area contributed by atoms with Crippen LogP contribution >= 0.6 is 12.2 Å². The van der Waals surface area contributed by atoms with E-state index in [1.807, 2.05) is 0 Å². The number of isothiocyanates is 1. The van der Waals surface area contributed by atoms with Crippen molar-refractivity contribution in [2.24, 2.45) is 4.99 Å². The van der Waals surface area contributed by atoms with Crippen LogP contribution in [-0.4, -0.2) is 23.2 Å². The van der Waals surface area contributed by atoms with Crippen LogP contribution in [-0.2, 0) is 4.74 Å². The number of nitrogens with zero attached hydrogens (tertiary/aromatic N) is 2. The average Bonchev–Trinajstić information content (AvgIpc) is 2.18. The molecule has 0 spiro atoms. The Kier molecular flexibility index (Phi) is 3.25. The number of thiocarbonyl (C=S) groups is 1. The standard InChI is InChI=1S/C8H6N2O2S/c1-12-8(11)7-4-6(10-5-13)2-3-9-7/h2-4H,1H3. The number of carbonyl (C=O) groups is 1. The van der Waals surface area contributed by atoms with Crippen molar-refractivity contribution < 1.29 is 9.53 Å². The second-order valence-corrected chi connectivity index (χ2v) is 2.28. The number of hydrogen-bond acceptors (Lipinski definition) is 5. The van der Waals surface area contributed by atoms with Crippen LogP contribution < -0.4 is 0 Å². The molecule has 0 saturated heterocycles. The highest BCUT2D eigenvalue weighted by Gasteiger charge is 2.06. The molecule has 0 aromatic carbocycles. The Morgan fingerprint density at radius 1 is 1.77 bits per heavy atom. The van der Waals surface area contributed by atoms with Gasteiger partial charge in [0.1, 0.15) is 0 Å². The lowest BCUT2D eigenvalue weighted by Gasteiger charge is -1.97. The van der Waals surface area contributed by atoms with Crippen LogP contribution in [0.5, 0.6) is 0 Å². The zero-order chi connectivity index (χ0) is 9.68. The van der Waals surface area contributed by atoms with Gasteiger partial charge in [-0.25, -0.2) is 9.78 Å². The van der Waals surface area contributed by atoms with Crippen LogP contribution in [0, 0.1) is 0 Å². The summed E-state index contributed by atoms with van der Waals surface area (Å²) in [6.45, 7) is 0. The topological polar surface area (TPSA) is 51.5 Å². The van der Waals surface area contributed by atoms with Crippen molar-refractivity contribution in [3.63, 3.8) is 0 Å². The molecule has 0 amide bonds. The average molecular weight is 194 g/mol. The van der Waals surface area contributed by atoms with Crippen molar-refractivity contribution >= 4 is 29.0 Å². The molecule has 1 aromatic heterocycles. The summed E-state index contributed by atoms with van der Waals surface area (Å²) in [6, 6.07) is 3.09. The normalized spacial score (nSPS) is 8.69. The van der Waals surface area contributed by atoms with Gasteiger partial charge in [0, 0.05) is 6.20 Å². The molecule has 5 heteroatoms. The molecule has 1 aromatic rings. The molecule has 0 unspecified atom stereocenters. The van der Waals surface area contributed by atoms with Crippen molar-refractivity contribution in [2.45, 2.75) is 0 Å². The number of methoxy groups -OCH3 is 1. The molecule has 13 heavy (non-hydrogen) atoms. The Bertz CT molecular complexity index is 372. The molecule has 1 rings (SSSR count). The molecule has 0 fully saturated rings. The van der Waals surface area contributed by atoms with Gasteiger partial charge in [-0.3, -0.25) is 0 Å². The monoisotopic (exact) mass is 194 g/mol. The summed E-state index contributed by atoms with van der Waals surface area (Å²) < 4.78 is 4.48. The third kappa shape index (κ3) is 2.43. The van der Waals surface area contributed by atoms with E-state index in [2.05, 4.69) is 32.1 Å². The van der Waals surface area contributed by atoms with E-state index in [0.717, 1.165) is 0 Å². The number of pyridine rings is 1. The Morgan fingerprint density at radius 3 is 3.15 bits per heavy atom.